The van der Waals surface area contributed by atoms with Gasteiger partial charge in [-0.05, 0) is 12.1 Å². The normalized spacial score (nSPS) is 11.1. The van der Waals surface area contributed by atoms with Gasteiger partial charge in [-0.25, -0.2) is 13.2 Å². The minimum absolute atomic E-state index is 0.0698. The fourth-order valence-electron chi connectivity index (χ4n) is 1.13. The molecule has 0 spiro atoms. The molecular formula is C11H10F3N5O. The highest BCUT2D eigenvalue weighted by Crippen LogP contribution is 2.25. The summed E-state index contributed by atoms with van der Waals surface area (Å²) in [5.74, 6) is -1.32. The Morgan fingerprint density at radius 2 is 2.25 bits per heavy atom. The highest BCUT2D eigenvalue weighted by Gasteiger charge is 2.09. The highest BCUT2D eigenvalue weighted by molar-refractivity contribution is 6.45. The third kappa shape index (κ3) is 4.49. The number of hydrazone groups is 1. The van der Waals surface area contributed by atoms with E-state index < -0.39 is 30.4 Å². The van der Waals surface area contributed by atoms with Crippen molar-refractivity contribution in [3.63, 3.8) is 0 Å². The van der Waals surface area contributed by atoms with Crippen LogP contribution in [0.2, 0.25) is 0 Å². The zero-order chi connectivity index (χ0) is 15.1. The molecule has 0 aromatic heterocycles. The predicted octanol–water partition coefficient (Wildman–Crippen LogP) is 1.70. The quantitative estimate of drug-likeness (QED) is 0.420. The van der Waals surface area contributed by atoms with E-state index in [1.54, 1.807) is 0 Å². The van der Waals surface area contributed by atoms with Crippen LogP contribution in [0.3, 0.4) is 0 Å². The fourth-order valence-corrected chi connectivity index (χ4v) is 1.13. The van der Waals surface area contributed by atoms with E-state index in [4.69, 9.17) is 21.1 Å². The molecule has 0 radical (unpaired) electrons. The van der Waals surface area contributed by atoms with Gasteiger partial charge >= 0.3 is 0 Å². The second-order valence-corrected chi connectivity index (χ2v) is 3.44. The number of nitrogens with two attached hydrogens (primary N) is 1. The average Bonchev–Trinajstić information content (AvgIpc) is 2.37. The molecule has 0 aliphatic heterocycles. The Labute approximate surface area is 112 Å². The van der Waals surface area contributed by atoms with Crippen molar-refractivity contribution in [2.24, 2.45) is 10.8 Å². The predicted molar refractivity (Wildman–Crippen MR) is 66.5 cm³/mol. The molecule has 1 rings (SSSR count). The number of benzene rings is 1. The molecule has 0 saturated heterocycles. The van der Waals surface area contributed by atoms with Crippen LogP contribution in [-0.2, 0) is 0 Å². The van der Waals surface area contributed by atoms with Crippen molar-refractivity contribution >= 4 is 17.2 Å². The van der Waals surface area contributed by atoms with Gasteiger partial charge in [-0.2, -0.15) is 10.4 Å². The van der Waals surface area contributed by atoms with Crippen molar-refractivity contribution in [2.45, 2.75) is 6.43 Å². The van der Waals surface area contributed by atoms with Crippen molar-refractivity contribution in [3.8, 4) is 11.8 Å². The molecule has 20 heavy (non-hydrogen) atoms. The smallest absolute Gasteiger partial charge is 0.272 e. The van der Waals surface area contributed by atoms with Gasteiger partial charge in [0.2, 0.25) is 5.71 Å². The maximum atomic E-state index is 13.1. The first-order valence-electron chi connectivity index (χ1n) is 5.22. The van der Waals surface area contributed by atoms with E-state index >= 15 is 0 Å². The number of nitrogens with zero attached hydrogens (tertiary/aromatic N) is 2. The number of ether oxygens (including phenoxy) is 1. The number of nitriles is 1. The van der Waals surface area contributed by atoms with Crippen molar-refractivity contribution < 1.29 is 17.9 Å². The van der Waals surface area contributed by atoms with E-state index in [0.717, 1.165) is 18.2 Å². The topological polar surface area (TPSA) is 107 Å². The molecule has 6 nitrogen and oxygen atoms in total. The Morgan fingerprint density at radius 1 is 1.55 bits per heavy atom. The van der Waals surface area contributed by atoms with Crippen LogP contribution < -0.4 is 15.9 Å². The monoisotopic (exact) mass is 285 g/mol. The number of anilines is 1. The van der Waals surface area contributed by atoms with Gasteiger partial charge in [0.15, 0.2) is 5.84 Å². The first-order chi connectivity index (χ1) is 9.43. The van der Waals surface area contributed by atoms with E-state index in [0.29, 0.717) is 0 Å². The Balaban J connectivity index is 2.95. The fraction of sp³-hybridized carbons (Fsp3) is 0.182. The number of rotatable bonds is 6. The number of alkyl halides is 2. The highest BCUT2D eigenvalue weighted by atomic mass is 19.3. The molecule has 4 N–H and O–H groups in total. The van der Waals surface area contributed by atoms with Gasteiger partial charge in [-0.1, -0.05) is 0 Å². The van der Waals surface area contributed by atoms with Gasteiger partial charge in [0.1, 0.15) is 29.9 Å². The molecule has 0 unspecified atom stereocenters. The maximum Gasteiger partial charge on any atom is 0.272 e. The van der Waals surface area contributed by atoms with E-state index in [9.17, 15) is 13.2 Å². The number of hydrogen-bond donors (Lipinski definition) is 3. The maximum absolute atomic E-state index is 13.1. The van der Waals surface area contributed by atoms with E-state index in [-0.39, 0.29) is 11.4 Å². The summed E-state index contributed by atoms with van der Waals surface area (Å²) in [6.07, 6.45) is -2.69. The molecule has 0 aliphatic rings. The minimum Gasteiger partial charge on any atom is -0.485 e. The standard InChI is InChI=1S/C11H10F3N5O/c12-6-1-2-9(20-5-10(13)14)7(3-6)18-19-8(4-15)11(16)17/h1-3,10,18H,5H2,(H3,16,17)/b19-8+. The lowest BCUT2D eigenvalue weighted by Crippen LogP contribution is -2.22. The number of halogens is 3. The summed E-state index contributed by atoms with van der Waals surface area (Å²) < 4.78 is 42.0. The summed E-state index contributed by atoms with van der Waals surface area (Å²) in [6.45, 7) is -0.873. The Kier molecular flexibility index (Phi) is 5.34. The molecule has 0 bridgehead atoms. The number of amidine groups is 1. The van der Waals surface area contributed by atoms with Gasteiger partial charge < -0.3 is 10.5 Å². The summed E-state index contributed by atoms with van der Waals surface area (Å²) in [5, 5.41) is 19.1. The number of hydrogen-bond acceptors (Lipinski definition) is 5. The second-order valence-electron chi connectivity index (χ2n) is 3.44. The lowest BCUT2D eigenvalue weighted by atomic mass is 10.3. The molecule has 1 aromatic carbocycles. The molecule has 0 heterocycles. The Hall–Kier alpha value is -2.76. The zero-order valence-electron chi connectivity index (χ0n) is 10.0. The first kappa shape index (κ1) is 15.3. The van der Waals surface area contributed by atoms with Crippen LogP contribution in [0, 0.1) is 22.6 Å². The zero-order valence-corrected chi connectivity index (χ0v) is 10.0. The van der Waals surface area contributed by atoms with Gasteiger partial charge in [0, 0.05) is 6.07 Å². The molecule has 1 aromatic rings. The van der Waals surface area contributed by atoms with Crippen LogP contribution >= 0.6 is 0 Å². The van der Waals surface area contributed by atoms with E-state index in [2.05, 4.69) is 10.5 Å². The third-order valence-corrected chi connectivity index (χ3v) is 1.96. The van der Waals surface area contributed by atoms with Crippen LogP contribution in [0.5, 0.6) is 5.75 Å². The summed E-state index contributed by atoms with van der Waals surface area (Å²) in [4.78, 5) is 0. The van der Waals surface area contributed by atoms with Gasteiger partial charge in [-0.15, -0.1) is 0 Å². The van der Waals surface area contributed by atoms with Crippen molar-refractivity contribution in [1.82, 2.24) is 0 Å². The molecule has 0 saturated carbocycles. The molecule has 0 amide bonds. The second kappa shape index (κ2) is 6.98. The Bertz CT molecular complexity index is 568. The Morgan fingerprint density at radius 3 is 2.80 bits per heavy atom. The van der Waals surface area contributed by atoms with Crippen LogP contribution in [-0.4, -0.2) is 24.6 Å². The van der Waals surface area contributed by atoms with Crippen LogP contribution in [0.15, 0.2) is 23.3 Å². The van der Waals surface area contributed by atoms with Crippen LogP contribution in [0.4, 0.5) is 18.9 Å². The molecular weight excluding hydrogens is 275 g/mol. The van der Waals surface area contributed by atoms with Gasteiger partial charge in [0.05, 0.1) is 0 Å². The van der Waals surface area contributed by atoms with Crippen LogP contribution in [0.1, 0.15) is 0 Å². The number of nitrogens with one attached hydrogen (secondary N) is 2. The van der Waals surface area contributed by atoms with Crippen molar-refractivity contribution in [3.05, 3.63) is 24.0 Å². The molecule has 9 heteroatoms. The summed E-state index contributed by atoms with van der Waals surface area (Å²) in [5.41, 5.74) is 6.80. The minimum atomic E-state index is -2.69. The molecule has 106 valence electrons. The van der Waals surface area contributed by atoms with Gasteiger partial charge in [-0.3, -0.25) is 10.8 Å². The lowest BCUT2D eigenvalue weighted by Gasteiger charge is -2.10. The largest absolute Gasteiger partial charge is 0.485 e. The third-order valence-electron chi connectivity index (χ3n) is 1.96. The summed E-state index contributed by atoms with van der Waals surface area (Å²) >= 11 is 0. The van der Waals surface area contributed by atoms with Gasteiger partial charge in [0.25, 0.3) is 6.43 Å². The molecule has 0 atom stereocenters. The van der Waals surface area contributed by atoms with E-state index in [1.807, 2.05) is 0 Å². The lowest BCUT2D eigenvalue weighted by molar-refractivity contribution is 0.0822. The van der Waals surface area contributed by atoms with Crippen molar-refractivity contribution in [1.29, 1.82) is 10.7 Å². The van der Waals surface area contributed by atoms with E-state index in [1.165, 1.54) is 6.07 Å². The summed E-state index contributed by atoms with van der Waals surface area (Å²) in [7, 11) is 0. The average molecular weight is 285 g/mol. The first-order valence-corrected chi connectivity index (χ1v) is 5.22. The van der Waals surface area contributed by atoms with Crippen LogP contribution in [0.25, 0.3) is 0 Å². The molecule has 0 aliphatic carbocycles. The molecule has 0 fully saturated rings. The SMILES string of the molecule is N#C/C(=N\Nc1cc(F)ccc1OCC(F)F)C(=N)N. The van der Waals surface area contributed by atoms with Crippen molar-refractivity contribution in [2.75, 3.05) is 12.0 Å². The summed E-state index contributed by atoms with van der Waals surface area (Å²) in [6, 6.07) is 4.64.